The van der Waals surface area contributed by atoms with Crippen LogP contribution in [0.4, 0.5) is 0 Å². The Balaban J connectivity index is 2.36. The summed E-state index contributed by atoms with van der Waals surface area (Å²) < 4.78 is 5.05. The van der Waals surface area contributed by atoms with Crippen molar-refractivity contribution in [2.75, 3.05) is 13.2 Å². The Morgan fingerprint density at radius 2 is 1.89 bits per heavy atom. The van der Waals surface area contributed by atoms with E-state index in [0.717, 1.165) is 25.7 Å². The number of aliphatic hydroxyl groups is 1. The number of carbonyl (C=O) groups excluding carboxylic acids is 1. The van der Waals surface area contributed by atoms with Crippen LogP contribution in [0.1, 0.15) is 59.3 Å². The van der Waals surface area contributed by atoms with E-state index in [0.29, 0.717) is 32.0 Å². The fraction of sp³-hybridized carbons (Fsp3) is 0.933. The zero-order chi connectivity index (χ0) is 14.3. The van der Waals surface area contributed by atoms with Gasteiger partial charge in [-0.25, -0.2) is 0 Å². The maximum absolute atomic E-state index is 11.6. The van der Waals surface area contributed by atoms with Gasteiger partial charge in [0.05, 0.1) is 18.1 Å². The van der Waals surface area contributed by atoms with E-state index in [1.54, 1.807) is 0 Å². The number of esters is 1. The average molecular weight is 271 g/mol. The van der Waals surface area contributed by atoms with E-state index in [9.17, 15) is 9.90 Å². The number of nitrogens with one attached hydrogen (secondary N) is 1. The van der Waals surface area contributed by atoms with Gasteiger partial charge in [0.25, 0.3) is 0 Å². The molecule has 0 unspecified atom stereocenters. The summed E-state index contributed by atoms with van der Waals surface area (Å²) in [4.78, 5) is 11.6. The van der Waals surface area contributed by atoms with Crippen molar-refractivity contribution in [3.8, 4) is 0 Å². The van der Waals surface area contributed by atoms with Crippen molar-refractivity contribution in [3.05, 3.63) is 0 Å². The summed E-state index contributed by atoms with van der Waals surface area (Å²) >= 11 is 0. The van der Waals surface area contributed by atoms with Gasteiger partial charge in [0, 0.05) is 12.6 Å². The van der Waals surface area contributed by atoms with Crippen LogP contribution < -0.4 is 5.32 Å². The van der Waals surface area contributed by atoms with Crippen molar-refractivity contribution >= 4 is 5.97 Å². The van der Waals surface area contributed by atoms with Gasteiger partial charge in [0.2, 0.25) is 0 Å². The standard InChI is InChI=1S/C15H29NO3/c1-4-13(5-2)16-11-15(18)9-7-12(8-10-15)14(17)19-6-3/h12-13,16,18H,4-11H2,1-3H3. The molecule has 0 heterocycles. The third-order valence-electron chi connectivity index (χ3n) is 4.24. The Morgan fingerprint density at radius 3 is 2.37 bits per heavy atom. The minimum atomic E-state index is -0.647. The summed E-state index contributed by atoms with van der Waals surface area (Å²) in [7, 11) is 0. The molecule has 4 nitrogen and oxygen atoms in total. The highest BCUT2D eigenvalue weighted by Crippen LogP contribution is 2.32. The highest BCUT2D eigenvalue weighted by atomic mass is 16.5. The van der Waals surface area contributed by atoms with Crippen molar-refractivity contribution in [2.45, 2.75) is 70.9 Å². The summed E-state index contributed by atoms with van der Waals surface area (Å²) in [6.45, 7) is 7.22. The van der Waals surface area contributed by atoms with Crippen molar-refractivity contribution < 1.29 is 14.6 Å². The van der Waals surface area contributed by atoms with Crippen LogP contribution in [-0.2, 0) is 9.53 Å². The van der Waals surface area contributed by atoms with E-state index in [1.807, 2.05) is 6.92 Å². The molecule has 4 heteroatoms. The zero-order valence-electron chi connectivity index (χ0n) is 12.6. The van der Waals surface area contributed by atoms with E-state index in [2.05, 4.69) is 19.2 Å². The number of ether oxygens (including phenoxy) is 1. The number of rotatable bonds is 7. The van der Waals surface area contributed by atoms with E-state index in [4.69, 9.17) is 4.74 Å². The Hall–Kier alpha value is -0.610. The van der Waals surface area contributed by atoms with Crippen LogP contribution in [0, 0.1) is 5.92 Å². The summed E-state index contributed by atoms with van der Waals surface area (Å²) in [6.07, 6.45) is 5.00. The van der Waals surface area contributed by atoms with Gasteiger partial charge in [0.1, 0.15) is 0 Å². The SMILES string of the molecule is CCOC(=O)C1CCC(O)(CNC(CC)CC)CC1. The summed E-state index contributed by atoms with van der Waals surface area (Å²) in [5, 5.41) is 14.0. The van der Waals surface area contributed by atoms with Crippen molar-refractivity contribution in [1.82, 2.24) is 5.32 Å². The van der Waals surface area contributed by atoms with Crippen LogP contribution in [0.2, 0.25) is 0 Å². The maximum atomic E-state index is 11.6. The molecule has 1 aliphatic rings. The molecule has 0 spiro atoms. The van der Waals surface area contributed by atoms with Gasteiger partial charge in [-0.1, -0.05) is 13.8 Å². The molecule has 0 amide bonds. The monoisotopic (exact) mass is 271 g/mol. The molecular formula is C15H29NO3. The average Bonchev–Trinajstić information content (AvgIpc) is 2.41. The normalized spacial score (nSPS) is 27.5. The summed E-state index contributed by atoms with van der Waals surface area (Å²) in [6, 6.07) is 0.479. The number of hydrogen-bond donors (Lipinski definition) is 2. The maximum Gasteiger partial charge on any atom is 0.308 e. The second-order valence-corrected chi connectivity index (χ2v) is 5.64. The van der Waals surface area contributed by atoms with Gasteiger partial charge in [0.15, 0.2) is 0 Å². The van der Waals surface area contributed by atoms with E-state index >= 15 is 0 Å². The minimum absolute atomic E-state index is 0.0200. The summed E-state index contributed by atoms with van der Waals surface area (Å²) in [5.74, 6) is -0.120. The molecule has 0 aromatic heterocycles. The first-order chi connectivity index (χ1) is 9.04. The van der Waals surface area contributed by atoms with Gasteiger partial charge in [-0.15, -0.1) is 0 Å². The first kappa shape index (κ1) is 16.4. The molecule has 0 aliphatic heterocycles. The molecule has 1 fully saturated rings. The lowest BCUT2D eigenvalue weighted by atomic mass is 9.78. The highest BCUT2D eigenvalue weighted by molar-refractivity contribution is 5.72. The Kier molecular flexibility index (Phi) is 6.80. The Morgan fingerprint density at radius 1 is 1.32 bits per heavy atom. The molecule has 1 saturated carbocycles. The molecule has 0 aromatic carbocycles. The van der Waals surface area contributed by atoms with E-state index < -0.39 is 5.60 Å². The highest BCUT2D eigenvalue weighted by Gasteiger charge is 2.36. The molecule has 1 aliphatic carbocycles. The van der Waals surface area contributed by atoms with Crippen LogP contribution in [0.15, 0.2) is 0 Å². The van der Waals surface area contributed by atoms with E-state index in [-0.39, 0.29) is 11.9 Å². The Bertz CT molecular complexity index is 269. The zero-order valence-corrected chi connectivity index (χ0v) is 12.6. The van der Waals surface area contributed by atoms with Crippen LogP contribution >= 0.6 is 0 Å². The van der Waals surface area contributed by atoms with Crippen LogP contribution in [0.3, 0.4) is 0 Å². The number of hydrogen-bond acceptors (Lipinski definition) is 4. The van der Waals surface area contributed by atoms with Gasteiger partial charge in [-0.3, -0.25) is 4.79 Å². The predicted molar refractivity (Wildman–Crippen MR) is 75.9 cm³/mol. The molecule has 0 radical (unpaired) electrons. The third-order valence-corrected chi connectivity index (χ3v) is 4.24. The van der Waals surface area contributed by atoms with Crippen LogP contribution in [0.25, 0.3) is 0 Å². The lowest BCUT2D eigenvalue weighted by Gasteiger charge is -2.36. The van der Waals surface area contributed by atoms with Crippen LogP contribution in [-0.4, -0.2) is 35.9 Å². The smallest absolute Gasteiger partial charge is 0.308 e. The first-order valence-corrected chi connectivity index (χ1v) is 7.67. The quantitative estimate of drug-likeness (QED) is 0.697. The second kappa shape index (κ2) is 7.85. The fourth-order valence-electron chi connectivity index (χ4n) is 2.74. The molecule has 112 valence electrons. The van der Waals surface area contributed by atoms with Gasteiger partial charge in [-0.05, 0) is 45.4 Å². The van der Waals surface area contributed by atoms with Crippen molar-refractivity contribution in [3.63, 3.8) is 0 Å². The predicted octanol–water partition coefficient (Wildman–Crippen LogP) is 2.25. The fourth-order valence-corrected chi connectivity index (χ4v) is 2.74. The largest absolute Gasteiger partial charge is 0.466 e. The number of carbonyl (C=O) groups is 1. The van der Waals surface area contributed by atoms with E-state index in [1.165, 1.54) is 0 Å². The van der Waals surface area contributed by atoms with Crippen LogP contribution in [0.5, 0.6) is 0 Å². The lowest BCUT2D eigenvalue weighted by Crippen LogP contribution is -2.47. The minimum Gasteiger partial charge on any atom is -0.466 e. The molecule has 0 atom stereocenters. The second-order valence-electron chi connectivity index (χ2n) is 5.64. The molecule has 0 saturated heterocycles. The Labute approximate surface area is 116 Å². The van der Waals surface area contributed by atoms with Gasteiger partial charge >= 0.3 is 5.97 Å². The van der Waals surface area contributed by atoms with Crippen molar-refractivity contribution in [2.24, 2.45) is 5.92 Å². The summed E-state index contributed by atoms with van der Waals surface area (Å²) in [5.41, 5.74) is -0.647. The molecule has 0 bridgehead atoms. The third kappa shape index (κ3) is 5.11. The molecular weight excluding hydrogens is 242 g/mol. The topological polar surface area (TPSA) is 58.6 Å². The van der Waals surface area contributed by atoms with Gasteiger partial charge in [-0.2, -0.15) is 0 Å². The molecule has 2 N–H and O–H groups in total. The lowest BCUT2D eigenvalue weighted by molar-refractivity contribution is -0.151. The molecule has 19 heavy (non-hydrogen) atoms. The molecule has 0 aromatic rings. The van der Waals surface area contributed by atoms with Gasteiger partial charge < -0.3 is 15.2 Å². The van der Waals surface area contributed by atoms with Crippen molar-refractivity contribution in [1.29, 1.82) is 0 Å². The first-order valence-electron chi connectivity index (χ1n) is 7.67. The molecule has 1 rings (SSSR count).